The normalized spacial score (nSPS) is 12.0. The maximum atomic E-state index is 12.4. The zero-order valence-corrected chi connectivity index (χ0v) is 16.3. The fourth-order valence-corrected chi connectivity index (χ4v) is 3.46. The molecule has 26 heavy (non-hydrogen) atoms. The van der Waals surface area contributed by atoms with Crippen molar-refractivity contribution in [3.63, 3.8) is 0 Å². The molecule has 2 aromatic heterocycles. The predicted molar refractivity (Wildman–Crippen MR) is 100 cm³/mol. The first-order valence-electron chi connectivity index (χ1n) is 8.22. The lowest BCUT2D eigenvalue weighted by atomic mass is 10.1. The van der Waals surface area contributed by atoms with E-state index in [4.69, 9.17) is 11.0 Å². The zero-order chi connectivity index (χ0) is 19.5. The van der Waals surface area contributed by atoms with Crippen LogP contribution in [0.2, 0.25) is 0 Å². The highest BCUT2D eigenvalue weighted by Gasteiger charge is 2.32. The molecular weight excluding hydrogens is 352 g/mol. The van der Waals surface area contributed by atoms with Crippen molar-refractivity contribution in [1.82, 2.24) is 15.2 Å². The predicted octanol–water partition coefficient (Wildman–Crippen LogP) is 1.90. The fraction of sp³-hybridized carbons (Fsp3) is 0.471. The van der Waals surface area contributed by atoms with Gasteiger partial charge in [-0.25, -0.2) is 13.4 Å². The lowest BCUT2D eigenvalue weighted by molar-refractivity contribution is 0.556. The summed E-state index contributed by atoms with van der Waals surface area (Å²) in [5, 5.41) is 15.8. The quantitative estimate of drug-likeness (QED) is 0.787. The monoisotopic (exact) mass is 376 g/mol. The summed E-state index contributed by atoms with van der Waals surface area (Å²) in [5.74, 6) is 0.218. The molecule has 0 saturated carbocycles. The van der Waals surface area contributed by atoms with Crippen molar-refractivity contribution < 1.29 is 8.42 Å². The lowest BCUT2D eigenvalue weighted by Gasteiger charge is -2.21. The molecule has 8 nitrogen and oxygen atoms in total. The third-order valence-corrected chi connectivity index (χ3v) is 6.55. The summed E-state index contributed by atoms with van der Waals surface area (Å²) in [6.07, 6.45) is 2.98. The molecule has 0 aromatic carbocycles. The second-order valence-corrected chi connectivity index (χ2v) is 9.72. The average Bonchev–Trinajstić information content (AvgIpc) is 2.93. The first kappa shape index (κ1) is 19.7. The smallest absolute Gasteiger partial charge is 0.200 e. The van der Waals surface area contributed by atoms with E-state index in [0.29, 0.717) is 18.5 Å². The first-order chi connectivity index (χ1) is 12.1. The summed E-state index contributed by atoms with van der Waals surface area (Å²) in [5.41, 5.74) is 7.56. The number of nitriles is 1. The SMILES string of the molecule is CN(CCCc1[nH]nc(N)c1C#N)c1ccc(S(=O)(=O)C(C)(C)C)nc1. The van der Waals surface area contributed by atoms with Gasteiger partial charge in [0.15, 0.2) is 20.7 Å². The van der Waals surface area contributed by atoms with Crippen LogP contribution in [0.25, 0.3) is 0 Å². The molecule has 9 heteroatoms. The van der Waals surface area contributed by atoms with Crippen molar-refractivity contribution in [2.24, 2.45) is 0 Å². The molecule has 0 unspecified atom stereocenters. The Balaban J connectivity index is 2.00. The Labute approximate surface area is 154 Å². The number of rotatable bonds is 6. The van der Waals surface area contributed by atoms with Crippen LogP contribution in [0.1, 0.15) is 38.4 Å². The summed E-state index contributed by atoms with van der Waals surface area (Å²) in [6.45, 7) is 5.67. The van der Waals surface area contributed by atoms with Gasteiger partial charge in [0.2, 0.25) is 0 Å². The van der Waals surface area contributed by atoms with E-state index >= 15 is 0 Å². The van der Waals surface area contributed by atoms with Crippen molar-refractivity contribution in [2.75, 3.05) is 24.2 Å². The van der Waals surface area contributed by atoms with Crippen molar-refractivity contribution in [3.8, 4) is 6.07 Å². The first-order valence-corrected chi connectivity index (χ1v) is 9.71. The zero-order valence-electron chi connectivity index (χ0n) is 15.4. The molecule has 0 aliphatic carbocycles. The van der Waals surface area contributed by atoms with Gasteiger partial charge < -0.3 is 10.6 Å². The molecule has 0 aliphatic rings. The van der Waals surface area contributed by atoms with Gasteiger partial charge in [0.1, 0.15) is 11.6 Å². The molecule has 0 aliphatic heterocycles. The van der Waals surface area contributed by atoms with Crippen molar-refractivity contribution >= 4 is 21.3 Å². The molecule has 140 valence electrons. The lowest BCUT2D eigenvalue weighted by Crippen LogP contribution is -2.28. The average molecular weight is 376 g/mol. The Hall–Kier alpha value is -2.60. The van der Waals surface area contributed by atoms with E-state index in [0.717, 1.165) is 17.8 Å². The van der Waals surface area contributed by atoms with Gasteiger partial charge in [-0.05, 0) is 45.7 Å². The second-order valence-electron chi connectivity index (χ2n) is 7.07. The number of sulfone groups is 1. The van der Waals surface area contributed by atoms with Gasteiger partial charge in [-0.15, -0.1) is 0 Å². The van der Waals surface area contributed by atoms with Crippen molar-refractivity contribution in [1.29, 1.82) is 5.26 Å². The summed E-state index contributed by atoms with van der Waals surface area (Å²) in [4.78, 5) is 6.11. The molecule has 2 rings (SSSR count). The van der Waals surface area contributed by atoms with E-state index < -0.39 is 14.6 Å². The van der Waals surface area contributed by atoms with Crippen LogP contribution >= 0.6 is 0 Å². The molecule has 0 amide bonds. The summed E-state index contributed by atoms with van der Waals surface area (Å²) >= 11 is 0. The van der Waals surface area contributed by atoms with E-state index in [1.165, 1.54) is 6.07 Å². The molecule has 0 bridgehead atoms. The number of nitrogens with one attached hydrogen (secondary N) is 1. The number of hydrogen-bond acceptors (Lipinski definition) is 7. The summed E-state index contributed by atoms with van der Waals surface area (Å²) in [6, 6.07) is 5.33. The van der Waals surface area contributed by atoms with Gasteiger partial charge in [-0.3, -0.25) is 5.10 Å². The van der Waals surface area contributed by atoms with Crippen LogP contribution in [0.5, 0.6) is 0 Å². The van der Waals surface area contributed by atoms with Gasteiger partial charge >= 0.3 is 0 Å². The Kier molecular flexibility index (Phi) is 5.56. The van der Waals surface area contributed by atoms with Crippen LogP contribution in [-0.2, 0) is 16.3 Å². The Morgan fingerprint density at radius 2 is 2.04 bits per heavy atom. The van der Waals surface area contributed by atoms with E-state index in [9.17, 15) is 8.42 Å². The van der Waals surface area contributed by atoms with E-state index in [1.54, 1.807) is 33.0 Å². The van der Waals surface area contributed by atoms with Crippen molar-refractivity contribution in [3.05, 3.63) is 29.6 Å². The van der Waals surface area contributed by atoms with Crippen LogP contribution in [0.15, 0.2) is 23.4 Å². The minimum atomic E-state index is -3.46. The number of nitrogens with two attached hydrogens (primary N) is 1. The number of aromatic amines is 1. The maximum absolute atomic E-state index is 12.4. The molecular formula is C17H24N6O2S. The third-order valence-electron chi connectivity index (χ3n) is 4.14. The Bertz CT molecular complexity index is 904. The number of H-pyrrole nitrogens is 1. The van der Waals surface area contributed by atoms with Crippen LogP contribution in [0.3, 0.4) is 0 Å². The topological polar surface area (TPSA) is 129 Å². The highest BCUT2D eigenvalue weighted by Crippen LogP contribution is 2.24. The van der Waals surface area contributed by atoms with Gasteiger partial charge in [-0.1, -0.05) is 0 Å². The van der Waals surface area contributed by atoms with Crippen LogP contribution < -0.4 is 10.6 Å². The number of pyridine rings is 1. The molecule has 2 heterocycles. The molecule has 2 aromatic rings. The molecule has 3 N–H and O–H groups in total. The Morgan fingerprint density at radius 3 is 2.58 bits per heavy atom. The number of anilines is 2. The number of nitrogens with zero attached hydrogens (tertiary/aromatic N) is 4. The number of aromatic nitrogens is 3. The van der Waals surface area contributed by atoms with Crippen LogP contribution in [-0.4, -0.2) is 41.9 Å². The molecule has 0 fully saturated rings. The maximum Gasteiger partial charge on any atom is 0.200 e. The number of hydrogen-bond donors (Lipinski definition) is 2. The minimum Gasteiger partial charge on any atom is -0.381 e. The Morgan fingerprint density at radius 1 is 1.35 bits per heavy atom. The molecule has 0 spiro atoms. The van der Waals surface area contributed by atoms with E-state index in [1.807, 2.05) is 18.0 Å². The fourth-order valence-electron chi connectivity index (χ4n) is 2.39. The van der Waals surface area contributed by atoms with Crippen LogP contribution in [0, 0.1) is 11.3 Å². The van der Waals surface area contributed by atoms with E-state index in [-0.39, 0.29) is 10.8 Å². The highest BCUT2D eigenvalue weighted by molar-refractivity contribution is 7.92. The van der Waals surface area contributed by atoms with Crippen molar-refractivity contribution in [2.45, 2.75) is 43.4 Å². The summed E-state index contributed by atoms with van der Waals surface area (Å²) < 4.78 is 23.9. The van der Waals surface area contributed by atoms with Gasteiger partial charge in [0.25, 0.3) is 0 Å². The summed E-state index contributed by atoms with van der Waals surface area (Å²) in [7, 11) is -1.56. The standard InChI is InChI=1S/C17H24N6O2S/c1-17(2,3)26(24,25)15-8-7-12(11-20-15)23(4)9-5-6-14-13(10-18)16(19)22-21-14/h7-8,11H,5-6,9H2,1-4H3,(H3,19,21,22). The number of nitrogen functional groups attached to an aromatic ring is 1. The highest BCUT2D eigenvalue weighted by atomic mass is 32.2. The van der Waals surface area contributed by atoms with Gasteiger partial charge in [0.05, 0.1) is 22.3 Å². The largest absolute Gasteiger partial charge is 0.381 e. The molecule has 0 atom stereocenters. The second kappa shape index (κ2) is 7.33. The van der Waals surface area contributed by atoms with Crippen LogP contribution in [0.4, 0.5) is 11.5 Å². The number of aryl methyl sites for hydroxylation is 1. The minimum absolute atomic E-state index is 0.0775. The van der Waals surface area contributed by atoms with Gasteiger partial charge in [-0.2, -0.15) is 10.4 Å². The van der Waals surface area contributed by atoms with Gasteiger partial charge in [0, 0.05) is 13.6 Å². The molecule has 0 radical (unpaired) electrons. The molecule has 0 saturated heterocycles. The van der Waals surface area contributed by atoms with E-state index in [2.05, 4.69) is 15.2 Å². The third kappa shape index (κ3) is 3.96.